The van der Waals surface area contributed by atoms with Gasteiger partial charge in [0.25, 0.3) is 5.56 Å². The zero-order valence-corrected chi connectivity index (χ0v) is 17.2. The third-order valence-electron chi connectivity index (χ3n) is 2.86. The molecule has 23 heavy (non-hydrogen) atoms. The minimum Gasteiger partial charge on any atom is -0.790 e. The van der Waals surface area contributed by atoms with Crippen LogP contribution in [-0.4, -0.2) is 44.7 Å². The summed E-state index contributed by atoms with van der Waals surface area (Å²) in [5.41, 5.74) is -1.55. The van der Waals surface area contributed by atoms with Crippen molar-refractivity contribution in [1.29, 1.82) is 0 Å². The first-order chi connectivity index (χ1) is 9.69. The number of aromatic nitrogens is 2. The molecule has 118 valence electrons. The van der Waals surface area contributed by atoms with Crippen LogP contribution < -0.4 is 80.2 Å². The number of H-pyrrole nitrogens is 1. The van der Waals surface area contributed by atoms with Crippen LogP contribution in [0.3, 0.4) is 0 Å². The van der Waals surface area contributed by atoms with Crippen LogP contribution in [0.4, 0.5) is 0 Å². The van der Waals surface area contributed by atoms with E-state index in [4.69, 9.17) is 4.74 Å². The van der Waals surface area contributed by atoms with Crippen LogP contribution in [0.25, 0.3) is 0 Å². The molecule has 0 bridgehead atoms. The van der Waals surface area contributed by atoms with Gasteiger partial charge in [-0.1, -0.05) is 0 Å². The number of hydrogen-bond acceptors (Lipinski definition) is 9. The minimum absolute atomic E-state index is 0. The maximum absolute atomic E-state index is 11.6. The summed E-state index contributed by atoms with van der Waals surface area (Å²) < 4.78 is 20.3. The second-order valence-corrected chi connectivity index (χ2v) is 5.46. The fourth-order valence-electron chi connectivity index (χ4n) is 1.89. The summed E-state index contributed by atoms with van der Waals surface area (Å²) in [4.78, 5) is 45.2. The van der Waals surface area contributed by atoms with Gasteiger partial charge in [0.15, 0.2) is 6.23 Å². The van der Waals surface area contributed by atoms with Crippen molar-refractivity contribution in [3.05, 3.63) is 33.1 Å². The Kier molecular flexibility index (Phi) is 9.66. The van der Waals surface area contributed by atoms with Crippen molar-refractivity contribution in [2.75, 3.05) is 6.61 Å². The second kappa shape index (κ2) is 9.39. The molecule has 1 aliphatic rings. The summed E-state index contributed by atoms with van der Waals surface area (Å²) >= 11 is 0. The largest absolute Gasteiger partial charge is 1.00 e. The molecule has 2 rings (SSSR count). The monoisotopic (exact) mass is 371 g/mol. The average molecular weight is 371 g/mol. The fraction of sp³-hybridized carbons (Fsp3) is 0.556. The van der Waals surface area contributed by atoms with E-state index in [1.807, 2.05) is 4.98 Å². The van der Waals surface area contributed by atoms with E-state index in [1.54, 1.807) is 0 Å². The molecule has 1 aromatic heterocycles. The number of nitrogens with one attached hydrogen (secondary N) is 1. The fourth-order valence-corrected chi connectivity index (χ4v) is 2.22. The molecule has 1 aliphatic heterocycles. The van der Waals surface area contributed by atoms with Gasteiger partial charge in [-0.3, -0.25) is 14.3 Å². The van der Waals surface area contributed by atoms with Crippen LogP contribution in [-0.2, 0) is 13.8 Å². The van der Waals surface area contributed by atoms with E-state index in [-0.39, 0.29) is 59.1 Å². The summed E-state index contributed by atoms with van der Waals surface area (Å²) in [6.45, 7) is -0.808. The van der Waals surface area contributed by atoms with Crippen molar-refractivity contribution < 1.29 is 92.9 Å². The van der Waals surface area contributed by atoms with Crippen molar-refractivity contribution in [1.82, 2.24) is 9.55 Å². The Morgan fingerprint density at radius 1 is 1.30 bits per heavy atom. The summed E-state index contributed by atoms with van der Waals surface area (Å²) in [5, 5.41) is 19.5. The Labute approximate surface area is 173 Å². The van der Waals surface area contributed by atoms with Gasteiger partial charge in [-0.15, -0.1) is 0 Å². The molecule has 0 unspecified atom stereocenters. The van der Waals surface area contributed by atoms with E-state index in [9.17, 15) is 34.2 Å². The van der Waals surface area contributed by atoms with Crippen molar-refractivity contribution in [3.63, 3.8) is 0 Å². The molecule has 0 spiro atoms. The Morgan fingerprint density at radius 3 is 2.43 bits per heavy atom. The number of nitrogens with zero attached hydrogens (tertiary/aromatic N) is 1. The van der Waals surface area contributed by atoms with Gasteiger partial charge in [-0.05, 0) is 0 Å². The van der Waals surface area contributed by atoms with Gasteiger partial charge in [0.1, 0.15) is 18.3 Å². The first-order valence-electron chi connectivity index (χ1n) is 5.69. The number of phosphoric ester groups is 1. The molecule has 0 saturated carbocycles. The summed E-state index contributed by atoms with van der Waals surface area (Å²) in [6.07, 6.45) is -4.83. The van der Waals surface area contributed by atoms with Crippen LogP contribution in [0.1, 0.15) is 6.23 Å². The number of aromatic amines is 1. The summed E-state index contributed by atoms with van der Waals surface area (Å²) in [5.74, 6) is 0. The van der Waals surface area contributed by atoms with Gasteiger partial charge in [0.05, 0.1) is 14.4 Å². The Hall–Kier alpha value is 0.670. The molecule has 2 heterocycles. The van der Waals surface area contributed by atoms with Crippen molar-refractivity contribution in [3.8, 4) is 0 Å². The molecule has 11 nitrogen and oxygen atoms in total. The van der Waals surface area contributed by atoms with Gasteiger partial charge in [0, 0.05) is 12.3 Å². The number of aliphatic hydroxyl groups is 2. The maximum atomic E-state index is 11.6. The number of aliphatic hydroxyl groups excluding tert-OH is 2. The van der Waals surface area contributed by atoms with Gasteiger partial charge in [-0.25, -0.2) is 4.79 Å². The van der Waals surface area contributed by atoms with Crippen LogP contribution in [0.15, 0.2) is 21.9 Å². The summed E-state index contributed by atoms with van der Waals surface area (Å²) in [7, 11) is -5.26. The first kappa shape index (κ1) is 23.7. The molecule has 1 fully saturated rings. The number of phosphoric acid groups is 1. The zero-order chi connectivity index (χ0) is 15.8. The Morgan fingerprint density at radius 2 is 1.91 bits per heavy atom. The first-order valence-corrected chi connectivity index (χ1v) is 7.15. The third-order valence-corrected chi connectivity index (χ3v) is 3.32. The third kappa shape index (κ3) is 6.15. The van der Waals surface area contributed by atoms with Gasteiger partial charge >= 0.3 is 64.8 Å². The van der Waals surface area contributed by atoms with E-state index in [2.05, 4.69) is 4.52 Å². The topological polar surface area (TPSA) is 177 Å². The van der Waals surface area contributed by atoms with Crippen molar-refractivity contribution >= 4 is 7.82 Å². The molecule has 0 aromatic carbocycles. The second-order valence-electron chi connectivity index (χ2n) is 4.31. The predicted molar refractivity (Wildman–Crippen MR) is 60.8 cm³/mol. The molecular weight excluding hydrogens is 360 g/mol. The molecule has 1 aromatic rings. The van der Waals surface area contributed by atoms with E-state index in [0.717, 1.165) is 16.8 Å². The van der Waals surface area contributed by atoms with E-state index in [1.165, 1.54) is 0 Å². The number of rotatable bonds is 4. The van der Waals surface area contributed by atoms with Gasteiger partial charge in [0.2, 0.25) is 0 Å². The normalized spacial score (nSPS) is 27.1. The predicted octanol–water partition coefficient (Wildman–Crippen LogP) is -9.99. The van der Waals surface area contributed by atoms with E-state index in [0.29, 0.717) is 0 Å². The number of hydrogen-bond donors (Lipinski definition) is 3. The van der Waals surface area contributed by atoms with Gasteiger partial charge in [-0.2, -0.15) is 0 Å². The Balaban J connectivity index is 0.00000242. The Bertz CT molecular complexity index is 673. The minimum atomic E-state index is -5.26. The van der Waals surface area contributed by atoms with Crippen LogP contribution in [0.2, 0.25) is 0 Å². The van der Waals surface area contributed by atoms with Gasteiger partial charge < -0.3 is 33.8 Å². The molecule has 4 atom stereocenters. The molecule has 0 amide bonds. The quantitative estimate of drug-likeness (QED) is 0.342. The molecule has 0 aliphatic carbocycles. The number of ether oxygens (including phenoxy) is 1. The molecule has 14 heteroatoms. The SMILES string of the molecule is O=c1cc[15n]([C@@H]2O[C@H](COP(=O)([O-])[O-])[C@@H](O)[C@@H]2O)[13c](=O)[15nH]1.[Na+].[Na+]. The summed E-state index contributed by atoms with van der Waals surface area (Å²) in [6, 6.07) is 0.997. The van der Waals surface area contributed by atoms with Crippen molar-refractivity contribution in [2.24, 2.45) is 0 Å². The zero-order valence-electron chi connectivity index (χ0n) is 12.3. The van der Waals surface area contributed by atoms with E-state index >= 15 is 0 Å². The average Bonchev–Trinajstić information content (AvgIpc) is 2.64. The molecule has 0 radical (unpaired) electrons. The maximum Gasteiger partial charge on any atom is 1.00 e. The standard InChI is InChI=1S/C9H13N2O9P.2Na/c12-5-1-2-11(9(15)10-5)8-7(14)6(13)4(20-8)3-19-21(16,17)18;;/h1-2,4,6-8,13-14H,3H2,(H,10,12,15)(H2,16,17,18);;/q;2*+1/p-2/t4-,6-,7+,8-;;/m1../s1/i9+1,10+1,11+1;;. The molecule has 3 N–H and O–H groups in total. The van der Waals surface area contributed by atoms with E-state index < -0.39 is 50.2 Å². The van der Waals surface area contributed by atoms with Crippen LogP contribution in [0.5, 0.6) is 0 Å². The molecule has 1 saturated heterocycles. The molecular formula is C9H11N2Na2O9P. The van der Waals surface area contributed by atoms with Crippen LogP contribution >= 0.6 is 7.82 Å². The van der Waals surface area contributed by atoms with Crippen LogP contribution in [0, 0.1) is 0 Å². The van der Waals surface area contributed by atoms with Crippen molar-refractivity contribution in [2.45, 2.75) is 24.5 Å². The smallest absolute Gasteiger partial charge is 0.790 e.